The minimum atomic E-state index is -0.801. The molecule has 1 heterocycles. The normalized spacial score (nSPS) is 22.6. The van der Waals surface area contributed by atoms with Crippen molar-refractivity contribution in [2.75, 3.05) is 7.05 Å². The standard InChI is InChI=1S/C28H26N4O/c1-28(24-8-4-7-23(16-24)22-6-3-5-18(15-22)17-29)25(26(33)32(2)27(30)31-28)21-13-11-20(12-14-21)19-9-10-19/h3-8,11-16,19,25H,9-10H2,1-2H3,(H2,30,31)/t25?,28-/m1/s1. The predicted octanol–water partition coefficient (Wildman–Crippen LogP) is 5.10. The van der Waals surface area contributed by atoms with E-state index in [2.05, 4.69) is 41.7 Å². The van der Waals surface area contributed by atoms with Crippen LogP contribution in [0, 0.1) is 16.7 Å². The van der Waals surface area contributed by atoms with E-state index in [4.69, 9.17) is 5.41 Å². The van der Waals surface area contributed by atoms with Gasteiger partial charge in [0.1, 0.15) is 0 Å². The number of carbonyl (C=O) groups excluding carboxylic acids is 1. The van der Waals surface area contributed by atoms with Crippen molar-refractivity contribution in [3.05, 3.63) is 95.1 Å². The Morgan fingerprint density at radius 3 is 2.30 bits per heavy atom. The highest BCUT2D eigenvalue weighted by atomic mass is 16.2. The molecule has 2 atom stereocenters. The van der Waals surface area contributed by atoms with Gasteiger partial charge in [-0.3, -0.25) is 15.1 Å². The molecule has 0 spiro atoms. The van der Waals surface area contributed by atoms with E-state index in [1.807, 2.05) is 43.3 Å². The van der Waals surface area contributed by atoms with Gasteiger partial charge in [0.25, 0.3) is 0 Å². The molecule has 1 aliphatic heterocycles. The van der Waals surface area contributed by atoms with Gasteiger partial charge < -0.3 is 5.32 Å². The molecule has 1 amide bonds. The van der Waals surface area contributed by atoms with E-state index in [1.165, 1.54) is 23.3 Å². The third-order valence-corrected chi connectivity index (χ3v) is 6.97. The van der Waals surface area contributed by atoms with Crippen LogP contribution in [-0.4, -0.2) is 23.8 Å². The Morgan fingerprint density at radius 1 is 1.00 bits per heavy atom. The van der Waals surface area contributed by atoms with Crippen molar-refractivity contribution >= 4 is 11.9 Å². The van der Waals surface area contributed by atoms with Crippen LogP contribution in [-0.2, 0) is 10.3 Å². The highest BCUT2D eigenvalue weighted by molar-refractivity contribution is 6.02. The average molecular weight is 435 g/mol. The molecule has 2 fully saturated rings. The van der Waals surface area contributed by atoms with Crippen LogP contribution in [0.2, 0.25) is 0 Å². The minimum absolute atomic E-state index is 0.0882. The minimum Gasteiger partial charge on any atom is -0.346 e. The predicted molar refractivity (Wildman–Crippen MR) is 129 cm³/mol. The maximum absolute atomic E-state index is 13.5. The molecule has 0 bridgehead atoms. The zero-order valence-electron chi connectivity index (χ0n) is 18.8. The van der Waals surface area contributed by atoms with Gasteiger partial charge in [-0.25, -0.2) is 0 Å². The number of nitrogens with zero attached hydrogens (tertiary/aromatic N) is 2. The molecule has 164 valence electrons. The fraction of sp³-hybridized carbons (Fsp3) is 0.250. The molecular formula is C28H26N4O. The van der Waals surface area contributed by atoms with Gasteiger partial charge in [-0.05, 0) is 71.7 Å². The summed E-state index contributed by atoms with van der Waals surface area (Å²) in [6, 6.07) is 26.2. The number of hydrogen-bond acceptors (Lipinski definition) is 3. The SMILES string of the molecule is CN1C(=N)N[C@](C)(c2cccc(-c3cccc(C#N)c3)c2)C(c2ccc(C3CC3)cc2)C1=O. The molecule has 1 aliphatic carbocycles. The summed E-state index contributed by atoms with van der Waals surface area (Å²) in [5.41, 5.74) is 4.90. The quantitative estimate of drug-likeness (QED) is 0.600. The van der Waals surface area contributed by atoms with Gasteiger partial charge in [0.05, 0.1) is 23.1 Å². The first-order valence-corrected chi connectivity index (χ1v) is 11.3. The summed E-state index contributed by atoms with van der Waals surface area (Å²) in [4.78, 5) is 14.9. The second-order valence-corrected chi connectivity index (χ2v) is 9.22. The first kappa shape index (κ1) is 21.0. The molecule has 5 nitrogen and oxygen atoms in total. The van der Waals surface area contributed by atoms with Gasteiger partial charge in [-0.1, -0.05) is 54.6 Å². The summed E-state index contributed by atoms with van der Waals surface area (Å²) in [7, 11) is 1.65. The molecule has 5 rings (SSSR count). The van der Waals surface area contributed by atoms with Crippen LogP contribution in [0.3, 0.4) is 0 Å². The largest absolute Gasteiger partial charge is 0.346 e. The summed E-state index contributed by atoms with van der Waals surface area (Å²) < 4.78 is 0. The molecule has 2 aliphatic rings. The molecule has 2 N–H and O–H groups in total. The molecule has 0 aromatic heterocycles. The highest BCUT2D eigenvalue weighted by Crippen LogP contribution is 2.44. The number of carbonyl (C=O) groups is 1. The van der Waals surface area contributed by atoms with Crippen LogP contribution in [0.25, 0.3) is 11.1 Å². The maximum Gasteiger partial charge on any atom is 0.239 e. The van der Waals surface area contributed by atoms with E-state index in [0.717, 1.165) is 22.3 Å². The van der Waals surface area contributed by atoms with Crippen molar-refractivity contribution in [3.8, 4) is 17.2 Å². The van der Waals surface area contributed by atoms with Crippen LogP contribution in [0.15, 0.2) is 72.8 Å². The Balaban J connectivity index is 1.59. The number of rotatable bonds is 4. The molecule has 5 heteroatoms. The van der Waals surface area contributed by atoms with Gasteiger partial charge in [0, 0.05) is 7.05 Å². The average Bonchev–Trinajstić information content (AvgIpc) is 3.69. The highest BCUT2D eigenvalue weighted by Gasteiger charge is 2.48. The molecular weight excluding hydrogens is 408 g/mol. The lowest BCUT2D eigenvalue weighted by atomic mass is 9.73. The first-order chi connectivity index (χ1) is 15.9. The summed E-state index contributed by atoms with van der Waals surface area (Å²) in [5, 5.41) is 21.0. The molecule has 33 heavy (non-hydrogen) atoms. The van der Waals surface area contributed by atoms with Crippen molar-refractivity contribution in [3.63, 3.8) is 0 Å². The zero-order chi connectivity index (χ0) is 23.2. The second kappa shape index (κ2) is 7.90. The number of benzene rings is 3. The van der Waals surface area contributed by atoms with Gasteiger partial charge in [-0.15, -0.1) is 0 Å². The lowest BCUT2D eigenvalue weighted by molar-refractivity contribution is -0.131. The third kappa shape index (κ3) is 3.68. The second-order valence-electron chi connectivity index (χ2n) is 9.22. The van der Waals surface area contributed by atoms with Crippen LogP contribution in [0.5, 0.6) is 0 Å². The van der Waals surface area contributed by atoms with Crippen molar-refractivity contribution < 1.29 is 4.79 Å². The number of nitrogens with one attached hydrogen (secondary N) is 2. The molecule has 1 saturated heterocycles. The fourth-order valence-corrected chi connectivity index (χ4v) is 4.83. The van der Waals surface area contributed by atoms with Crippen molar-refractivity contribution in [1.82, 2.24) is 10.2 Å². The Bertz CT molecular complexity index is 1290. The zero-order valence-corrected chi connectivity index (χ0v) is 18.8. The molecule has 3 aromatic carbocycles. The van der Waals surface area contributed by atoms with Crippen LogP contribution >= 0.6 is 0 Å². The van der Waals surface area contributed by atoms with E-state index >= 15 is 0 Å². The molecule has 1 unspecified atom stereocenters. The number of hydrogen-bond donors (Lipinski definition) is 2. The molecule has 3 aromatic rings. The van der Waals surface area contributed by atoms with Gasteiger partial charge in [0.2, 0.25) is 5.91 Å². The van der Waals surface area contributed by atoms with Gasteiger partial charge in [-0.2, -0.15) is 5.26 Å². The maximum atomic E-state index is 13.5. The molecule has 1 saturated carbocycles. The third-order valence-electron chi connectivity index (χ3n) is 6.97. The van der Waals surface area contributed by atoms with Crippen LogP contribution in [0.4, 0.5) is 0 Å². The fourth-order valence-electron chi connectivity index (χ4n) is 4.83. The van der Waals surface area contributed by atoms with Crippen molar-refractivity contribution in [1.29, 1.82) is 10.7 Å². The Morgan fingerprint density at radius 2 is 1.64 bits per heavy atom. The van der Waals surface area contributed by atoms with E-state index in [0.29, 0.717) is 11.5 Å². The van der Waals surface area contributed by atoms with Crippen molar-refractivity contribution in [2.45, 2.75) is 37.1 Å². The lowest BCUT2D eigenvalue weighted by Gasteiger charge is -2.46. The van der Waals surface area contributed by atoms with Crippen LogP contribution in [0.1, 0.15) is 53.9 Å². The topological polar surface area (TPSA) is 80.0 Å². The van der Waals surface area contributed by atoms with E-state index in [-0.39, 0.29) is 11.9 Å². The Hall–Kier alpha value is -3.91. The number of likely N-dealkylation sites (N-methyl/N-ethyl adjacent to an activating group) is 1. The first-order valence-electron chi connectivity index (χ1n) is 11.3. The smallest absolute Gasteiger partial charge is 0.239 e. The number of amides is 1. The van der Waals surface area contributed by atoms with E-state index in [1.54, 1.807) is 13.1 Å². The Kier molecular flexibility index (Phi) is 5.02. The monoisotopic (exact) mass is 434 g/mol. The Labute approximate surface area is 194 Å². The van der Waals surface area contributed by atoms with Gasteiger partial charge >= 0.3 is 0 Å². The molecule has 0 radical (unpaired) electrons. The summed E-state index contributed by atoms with van der Waals surface area (Å²) in [5.74, 6) is 0.162. The van der Waals surface area contributed by atoms with E-state index in [9.17, 15) is 10.1 Å². The lowest BCUT2D eigenvalue weighted by Crippen LogP contribution is -2.62. The summed E-state index contributed by atoms with van der Waals surface area (Å²) in [6.45, 7) is 2.00. The van der Waals surface area contributed by atoms with Gasteiger partial charge in [0.15, 0.2) is 5.96 Å². The summed E-state index contributed by atoms with van der Waals surface area (Å²) >= 11 is 0. The van der Waals surface area contributed by atoms with Crippen molar-refractivity contribution in [2.24, 2.45) is 0 Å². The number of nitriles is 1. The van der Waals surface area contributed by atoms with E-state index < -0.39 is 11.5 Å². The van der Waals surface area contributed by atoms with Crippen LogP contribution < -0.4 is 5.32 Å². The summed E-state index contributed by atoms with van der Waals surface area (Å²) in [6.07, 6.45) is 2.47. The number of guanidine groups is 1.